The fourth-order valence-electron chi connectivity index (χ4n) is 4.18. The monoisotopic (exact) mass is 456 g/mol. The molecule has 1 aromatic carbocycles. The summed E-state index contributed by atoms with van der Waals surface area (Å²) in [5, 5.41) is 1.34. The predicted octanol–water partition coefficient (Wildman–Crippen LogP) is 4.92. The highest BCUT2D eigenvalue weighted by molar-refractivity contribution is 7.99. The number of fused-ring (bicyclic) bond motifs is 3. The van der Waals surface area contributed by atoms with Gasteiger partial charge in [-0.25, -0.2) is 4.98 Å². The van der Waals surface area contributed by atoms with Crippen molar-refractivity contribution in [3.8, 4) is 0 Å². The lowest BCUT2D eigenvalue weighted by Gasteiger charge is -2.33. The molecule has 0 N–H and O–H groups in total. The molecule has 0 fully saturated rings. The van der Waals surface area contributed by atoms with Crippen LogP contribution in [-0.2, 0) is 28.9 Å². The van der Waals surface area contributed by atoms with Crippen molar-refractivity contribution in [1.29, 1.82) is 0 Å². The number of carbonyl (C=O) groups is 1. The van der Waals surface area contributed by atoms with E-state index in [1.165, 1.54) is 29.3 Å². The molecule has 5 nitrogen and oxygen atoms in total. The topological polar surface area (TPSA) is 61.2 Å². The van der Waals surface area contributed by atoms with Gasteiger partial charge in [0.1, 0.15) is 4.83 Å². The van der Waals surface area contributed by atoms with Crippen molar-refractivity contribution in [1.82, 2.24) is 9.55 Å². The quantitative estimate of drug-likeness (QED) is 0.310. The maximum atomic E-state index is 13.7. The minimum atomic E-state index is -0.330. The molecular formula is C24H28N2O3S2. The minimum absolute atomic E-state index is 0.00655. The molecule has 0 bridgehead atoms. The predicted molar refractivity (Wildman–Crippen MR) is 127 cm³/mol. The largest absolute Gasteiger partial charge is 0.468 e. The third kappa shape index (κ3) is 4.58. The Kier molecular flexibility index (Phi) is 6.26. The van der Waals surface area contributed by atoms with Crippen molar-refractivity contribution < 1.29 is 9.53 Å². The summed E-state index contributed by atoms with van der Waals surface area (Å²) >= 11 is 2.91. The molecule has 0 radical (unpaired) electrons. The van der Waals surface area contributed by atoms with Crippen LogP contribution < -0.4 is 5.56 Å². The second-order valence-corrected chi connectivity index (χ2v) is 11.2. The van der Waals surface area contributed by atoms with Crippen LogP contribution in [0.3, 0.4) is 0 Å². The normalized spacial score (nSPS) is 16.3. The number of esters is 1. The van der Waals surface area contributed by atoms with E-state index in [4.69, 9.17) is 9.72 Å². The summed E-state index contributed by atoms with van der Waals surface area (Å²) in [6, 6.07) is 9.89. The molecule has 0 spiro atoms. The number of rotatable bonds is 5. The van der Waals surface area contributed by atoms with E-state index in [0.29, 0.717) is 17.6 Å². The number of thioether (sulfide) groups is 1. The van der Waals surface area contributed by atoms with Gasteiger partial charge in [0.15, 0.2) is 5.16 Å². The molecule has 4 rings (SSSR count). The number of benzene rings is 1. The average molecular weight is 457 g/mol. The minimum Gasteiger partial charge on any atom is -0.468 e. The van der Waals surface area contributed by atoms with Crippen LogP contribution in [0.4, 0.5) is 0 Å². The maximum absolute atomic E-state index is 13.7. The molecule has 7 heteroatoms. The third-order valence-electron chi connectivity index (χ3n) is 6.09. The van der Waals surface area contributed by atoms with Crippen LogP contribution in [0.1, 0.15) is 43.2 Å². The van der Waals surface area contributed by atoms with Crippen LogP contribution in [0.25, 0.3) is 10.2 Å². The first-order valence-corrected chi connectivity index (χ1v) is 12.4. The molecular weight excluding hydrogens is 428 g/mol. The molecule has 164 valence electrons. The Morgan fingerprint density at radius 2 is 2.03 bits per heavy atom. The number of ether oxygens (including phenoxy) is 1. The van der Waals surface area contributed by atoms with Gasteiger partial charge in [-0.05, 0) is 41.7 Å². The second-order valence-electron chi connectivity index (χ2n) is 9.13. The molecule has 0 unspecified atom stereocenters. The second kappa shape index (κ2) is 8.79. The van der Waals surface area contributed by atoms with Gasteiger partial charge in [0.25, 0.3) is 5.56 Å². The van der Waals surface area contributed by atoms with Crippen LogP contribution >= 0.6 is 23.1 Å². The fourth-order valence-corrected chi connectivity index (χ4v) is 6.35. The molecule has 1 aliphatic carbocycles. The third-order valence-corrected chi connectivity index (χ3v) is 8.19. The molecule has 0 aliphatic heterocycles. The van der Waals surface area contributed by atoms with E-state index >= 15 is 0 Å². The zero-order chi connectivity index (χ0) is 22.2. The Bertz CT molecular complexity index is 1160. The number of methoxy groups -OCH3 is 1. The van der Waals surface area contributed by atoms with Crippen molar-refractivity contribution in [2.24, 2.45) is 11.3 Å². The summed E-state index contributed by atoms with van der Waals surface area (Å²) in [4.78, 5) is 32.4. The number of hydrogen-bond donors (Lipinski definition) is 0. The van der Waals surface area contributed by atoms with Crippen molar-refractivity contribution in [2.75, 3.05) is 12.9 Å². The lowest BCUT2D eigenvalue weighted by Crippen LogP contribution is -2.27. The van der Waals surface area contributed by atoms with Gasteiger partial charge in [0.05, 0.1) is 24.8 Å². The average Bonchev–Trinajstić information content (AvgIpc) is 3.12. The van der Waals surface area contributed by atoms with Gasteiger partial charge < -0.3 is 4.74 Å². The van der Waals surface area contributed by atoms with Gasteiger partial charge in [-0.2, -0.15) is 0 Å². The van der Waals surface area contributed by atoms with Crippen LogP contribution in [0.5, 0.6) is 0 Å². The van der Waals surface area contributed by atoms with Gasteiger partial charge in [-0.3, -0.25) is 14.2 Å². The number of aryl methyl sites for hydroxylation is 1. The highest BCUT2D eigenvalue weighted by atomic mass is 32.2. The number of hydrogen-bond acceptors (Lipinski definition) is 6. The molecule has 3 aromatic rings. The highest BCUT2D eigenvalue weighted by Gasteiger charge is 2.32. The number of aromatic nitrogens is 2. The summed E-state index contributed by atoms with van der Waals surface area (Å²) in [6.07, 6.45) is 3.02. The fraction of sp³-hybridized carbons (Fsp3) is 0.458. The van der Waals surface area contributed by atoms with E-state index in [2.05, 4.69) is 20.8 Å². The van der Waals surface area contributed by atoms with E-state index in [1.807, 2.05) is 30.3 Å². The van der Waals surface area contributed by atoms with Crippen molar-refractivity contribution in [3.05, 3.63) is 56.7 Å². The molecule has 1 atom stereocenters. The highest BCUT2D eigenvalue weighted by Crippen LogP contribution is 2.42. The molecule has 31 heavy (non-hydrogen) atoms. The molecule has 2 aromatic heterocycles. The Labute approximate surface area is 190 Å². The van der Waals surface area contributed by atoms with Gasteiger partial charge in [0, 0.05) is 4.88 Å². The zero-order valence-electron chi connectivity index (χ0n) is 18.4. The van der Waals surface area contributed by atoms with Crippen molar-refractivity contribution in [3.63, 3.8) is 0 Å². The van der Waals surface area contributed by atoms with Crippen LogP contribution in [0.15, 0.2) is 40.3 Å². The van der Waals surface area contributed by atoms with E-state index in [9.17, 15) is 9.59 Å². The van der Waals surface area contributed by atoms with E-state index in [0.717, 1.165) is 35.0 Å². The van der Waals surface area contributed by atoms with Crippen molar-refractivity contribution in [2.45, 2.75) is 51.7 Å². The molecule has 0 amide bonds. The first-order valence-electron chi connectivity index (χ1n) is 10.6. The summed E-state index contributed by atoms with van der Waals surface area (Å²) in [5.41, 5.74) is 2.45. The Hall–Kier alpha value is -2.12. The van der Waals surface area contributed by atoms with E-state index < -0.39 is 0 Å². The number of carbonyl (C=O) groups excluding carboxylic acids is 1. The molecule has 1 aliphatic rings. The summed E-state index contributed by atoms with van der Waals surface area (Å²) in [6.45, 7) is 7.31. The first kappa shape index (κ1) is 22.1. The van der Waals surface area contributed by atoms with Gasteiger partial charge in [-0.1, -0.05) is 62.9 Å². The van der Waals surface area contributed by atoms with Gasteiger partial charge in [0.2, 0.25) is 0 Å². The van der Waals surface area contributed by atoms with Crippen molar-refractivity contribution >= 4 is 39.3 Å². The van der Waals surface area contributed by atoms with E-state index in [-0.39, 0.29) is 22.7 Å². The molecule has 0 saturated carbocycles. The SMILES string of the molecule is COC(=O)CSc1nc2sc3c(c2c(=O)n1Cc1ccccc1)CC[C@@H](C(C)(C)C)C3. The van der Waals surface area contributed by atoms with Crippen LogP contribution in [0, 0.1) is 11.3 Å². The van der Waals surface area contributed by atoms with Gasteiger partial charge in [-0.15, -0.1) is 11.3 Å². The smallest absolute Gasteiger partial charge is 0.316 e. The Morgan fingerprint density at radius 1 is 1.29 bits per heavy atom. The van der Waals surface area contributed by atoms with Crippen LogP contribution in [-0.4, -0.2) is 28.4 Å². The lowest BCUT2D eigenvalue weighted by atomic mass is 9.72. The Balaban J connectivity index is 1.80. The summed E-state index contributed by atoms with van der Waals surface area (Å²) < 4.78 is 6.50. The van der Waals surface area contributed by atoms with Gasteiger partial charge >= 0.3 is 5.97 Å². The molecule has 0 saturated heterocycles. The zero-order valence-corrected chi connectivity index (χ0v) is 20.1. The summed E-state index contributed by atoms with van der Waals surface area (Å²) in [5.74, 6) is 0.400. The summed E-state index contributed by atoms with van der Waals surface area (Å²) in [7, 11) is 1.37. The van der Waals surface area contributed by atoms with E-state index in [1.54, 1.807) is 15.9 Å². The lowest BCUT2D eigenvalue weighted by molar-refractivity contribution is -0.137. The standard InChI is InChI=1S/C24H28N2O3S2/c1-24(2,3)16-10-11-17-18(12-16)31-21-20(17)22(28)26(13-15-8-6-5-7-9-15)23(25-21)30-14-19(27)29-4/h5-9,16H,10-14H2,1-4H3/t16-/m1/s1. The first-order chi connectivity index (χ1) is 14.8. The molecule has 2 heterocycles. The van der Waals surface area contributed by atoms with Crippen LogP contribution in [0.2, 0.25) is 0 Å². The Morgan fingerprint density at radius 3 is 2.71 bits per heavy atom. The maximum Gasteiger partial charge on any atom is 0.316 e. The number of nitrogens with zero attached hydrogens (tertiary/aromatic N) is 2. The number of thiophene rings is 1.